The van der Waals surface area contributed by atoms with Gasteiger partial charge in [0.25, 0.3) is 5.91 Å². The highest BCUT2D eigenvalue weighted by Crippen LogP contribution is 2.27. The Kier molecular flexibility index (Phi) is 6.93. The van der Waals surface area contributed by atoms with Crippen LogP contribution in [-0.4, -0.2) is 32.7 Å². The van der Waals surface area contributed by atoms with Crippen molar-refractivity contribution in [3.8, 4) is 17.6 Å². The van der Waals surface area contributed by atoms with E-state index in [2.05, 4.69) is 10.6 Å². The lowest BCUT2D eigenvalue weighted by Gasteiger charge is -2.12. The molecule has 0 heterocycles. The SMILES string of the molecule is CCNCc1ccc(OCC(=O)NCC#N)c(OC)c1. The Balaban J connectivity index is 2.61. The van der Waals surface area contributed by atoms with Crippen LogP contribution < -0.4 is 20.1 Å². The summed E-state index contributed by atoms with van der Waals surface area (Å²) in [6.07, 6.45) is 0. The molecule has 20 heavy (non-hydrogen) atoms. The van der Waals surface area contributed by atoms with E-state index in [1.807, 2.05) is 25.1 Å². The van der Waals surface area contributed by atoms with Gasteiger partial charge in [-0.05, 0) is 24.2 Å². The van der Waals surface area contributed by atoms with Crippen LogP contribution in [0.15, 0.2) is 18.2 Å². The molecule has 0 fully saturated rings. The van der Waals surface area contributed by atoms with Crippen molar-refractivity contribution in [2.45, 2.75) is 13.5 Å². The average Bonchev–Trinajstić information content (AvgIpc) is 2.48. The molecule has 0 radical (unpaired) electrons. The highest BCUT2D eigenvalue weighted by Gasteiger charge is 2.08. The first-order valence-corrected chi connectivity index (χ1v) is 6.35. The lowest BCUT2D eigenvalue weighted by molar-refractivity contribution is -0.122. The van der Waals surface area contributed by atoms with Crippen molar-refractivity contribution in [3.05, 3.63) is 23.8 Å². The van der Waals surface area contributed by atoms with Gasteiger partial charge in [-0.1, -0.05) is 13.0 Å². The van der Waals surface area contributed by atoms with Crippen molar-refractivity contribution in [2.24, 2.45) is 0 Å². The van der Waals surface area contributed by atoms with Gasteiger partial charge in [-0.2, -0.15) is 5.26 Å². The molecule has 108 valence electrons. The van der Waals surface area contributed by atoms with Crippen LogP contribution in [0.2, 0.25) is 0 Å². The monoisotopic (exact) mass is 277 g/mol. The summed E-state index contributed by atoms with van der Waals surface area (Å²) >= 11 is 0. The highest BCUT2D eigenvalue weighted by atomic mass is 16.5. The predicted octanol–water partition coefficient (Wildman–Crippen LogP) is 0.823. The Morgan fingerprint density at radius 3 is 2.85 bits per heavy atom. The molecule has 0 aliphatic carbocycles. The molecule has 1 aromatic carbocycles. The van der Waals surface area contributed by atoms with Gasteiger partial charge in [0.05, 0.1) is 13.2 Å². The molecule has 2 N–H and O–H groups in total. The number of carbonyl (C=O) groups is 1. The lowest BCUT2D eigenvalue weighted by Crippen LogP contribution is -2.29. The molecule has 0 saturated heterocycles. The summed E-state index contributed by atoms with van der Waals surface area (Å²) in [4.78, 5) is 11.3. The normalized spacial score (nSPS) is 9.65. The average molecular weight is 277 g/mol. The molecule has 0 aromatic heterocycles. The third kappa shape index (κ3) is 5.16. The van der Waals surface area contributed by atoms with Crippen molar-refractivity contribution in [3.63, 3.8) is 0 Å². The lowest BCUT2D eigenvalue weighted by atomic mass is 10.2. The Morgan fingerprint density at radius 2 is 2.20 bits per heavy atom. The van der Waals surface area contributed by atoms with E-state index in [-0.39, 0.29) is 19.1 Å². The minimum absolute atomic E-state index is 0.0268. The Labute approximate surface area is 118 Å². The molecule has 1 aromatic rings. The van der Waals surface area contributed by atoms with Gasteiger partial charge in [0.15, 0.2) is 18.1 Å². The molecule has 0 spiro atoms. The number of benzene rings is 1. The zero-order chi connectivity index (χ0) is 14.8. The number of hydrogen-bond acceptors (Lipinski definition) is 5. The van der Waals surface area contributed by atoms with E-state index in [4.69, 9.17) is 14.7 Å². The van der Waals surface area contributed by atoms with E-state index in [1.54, 1.807) is 13.2 Å². The van der Waals surface area contributed by atoms with Crippen LogP contribution in [0.3, 0.4) is 0 Å². The van der Waals surface area contributed by atoms with Gasteiger partial charge in [-0.25, -0.2) is 0 Å². The Hall–Kier alpha value is -2.26. The fraction of sp³-hybridized carbons (Fsp3) is 0.429. The first kappa shape index (κ1) is 15.8. The van der Waals surface area contributed by atoms with Gasteiger partial charge in [0, 0.05) is 6.54 Å². The Morgan fingerprint density at radius 1 is 1.40 bits per heavy atom. The van der Waals surface area contributed by atoms with Crippen LogP contribution >= 0.6 is 0 Å². The van der Waals surface area contributed by atoms with Crippen LogP contribution in [0.4, 0.5) is 0 Å². The van der Waals surface area contributed by atoms with Gasteiger partial charge in [-0.15, -0.1) is 0 Å². The number of nitriles is 1. The molecule has 1 amide bonds. The molecule has 0 unspecified atom stereocenters. The molecule has 1 rings (SSSR count). The van der Waals surface area contributed by atoms with Crippen molar-refractivity contribution in [1.29, 1.82) is 5.26 Å². The first-order valence-electron chi connectivity index (χ1n) is 6.35. The number of rotatable bonds is 8. The predicted molar refractivity (Wildman–Crippen MR) is 74.5 cm³/mol. The van der Waals surface area contributed by atoms with Gasteiger partial charge in [0.2, 0.25) is 0 Å². The second kappa shape index (κ2) is 8.77. The summed E-state index contributed by atoms with van der Waals surface area (Å²) in [6, 6.07) is 7.37. The molecule has 6 nitrogen and oxygen atoms in total. The minimum atomic E-state index is -0.342. The van der Waals surface area contributed by atoms with Crippen molar-refractivity contribution in [1.82, 2.24) is 10.6 Å². The van der Waals surface area contributed by atoms with Gasteiger partial charge in [0.1, 0.15) is 6.54 Å². The number of amides is 1. The molecule has 0 aliphatic heterocycles. The summed E-state index contributed by atoms with van der Waals surface area (Å²) in [7, 11) is 1.55. The fourth-order valence-electron chi connectivity index (χ4n) is 1.54. The van der Waals surface area contributed by atoms with Crippen molar-refractivity contribution < 1.29 is 14.3 Å². The van der Waals surface area contributed by atoms with Gasteiger partial charge >= 0.3 is 0 Å². The van der Waals surface area contributed by atoms with Crippen molar-refractivity contribution >= 4 is 5.91 Å². The summed E-state index contributed by atoms with van der Waals surface area (Å²) in [5.41, 5.74) is 1.07. The molecule has 6 heteroatoms. The summed E-state index contributed by atoms with van der Waals surface area (Å²) in [5.74, 6) is 0.735. The van der Waals surface area contributed by atoms with Gasteiger partial charge < -0.3 is 20.1 Å². The quantitative estimate of drug-likeness (QED) is 0.687. The van der Waals surface area contributed by atoms with E-state index < -0.39 is 0 Å². The number of ether oxygens (including phenoxy) is 2. The highest BCUT2D eigenvalue weighted by molar-refractivity contribution is 5.77. The topological polar surface area (TPSA) is 83.4 Å². The van der Waals surface area contributed by atoms with Crippen LogP contribution in [-0.2, 0) is 11.3 Å². The summed E-state index contributed by atoms with van der Waals surface area (Å²) < 4.78 is 10.6. The second-order valence-corrected chi connectivity index (χ2v) is 3.99. The van der Waals surface area contributed by atoms with Crippen LogP contribution in [0.5, 0.6) is 11.5 Å². The molecular formula is C14H19N3O3. The molecule has 0 saturated carbocycles. The van der Waals surface area contributed by atoms with Crippen molar-refractivity contribution in [2.75, 3.05) is 26.8 Å². The number of carbonyl (C=O) groups excluding carboxylic acids is 1. The molecular weight excluding hydrogens is 258 g/mol. The number of nitrogens with one attached hydrogen (secondary N) is 2. The third-order valence-corrected chi connectivity index (χ3v) is 2.53. The van der Waals surface area contributed by atoms with Crippen LogP contribution in [0, 0.1) is 11.3 Å². The minimum Gasteiger partial charge on any atom is -0.493 e. The number of hydrogen-bond donors (Lipinski definition) is 2. The fourth-order valence-corrected chi connectivity index (χ4v) is 1.54. The van der Waals surface area contributed by atoms with E-state index in [0.717, 1.165) is 18.7 Å². The van der Waals surface area contributed by atoms with E-state index in [9.17, 15) is 4.79 Å². The maximum atomic E-state index is 11.3. The zero-order valence-electron chi connectivity index (χ0n) is 11.7. The van der Waals surface area contributed by atoms with E-state index in [0.29, 0.717) is 11.5 Å². The largest absolute Gasteiger partial charge is 0.493 e. The smallest absolute Gasteiger partial charge is 0.258 e. The van der Waals surface area contributed by atoms with E-state index >= 15 is 0 Å². The van der Waals surface area contributed by atoms with Gasteiger partial charge in [-0.3, -0.25) is 4.79 Å². The third-order valence-electron chi connectivity index (χ3n) is 2.53. The summed E-state index contributed by atoms with van der Waals surface area (Å²) in [6.45, 7) is 3.50. The molecule has 0 bridgehead atoms. The maximum Gasteiger partial charge on any atom is 0.258 e. The maximum absolute atomic E-state index is 11.3. The molecule has 0 aliphatic rings. The number of nitrogens with zero attached hydrogens (tertiary/aromatic N) is 1. The standard InChI is InChI=1S/C14H19N3O3/c1-3-16-9-11-4-5-12(13(8-11)19-2)20-10-14(18)17-7-6-15/h4-5,8,16H,3,7,9-10H2,1-2H3,(H,17,18). The summed E-state index contributed by atoms with van der Waals surface area (Å²) in [5, 5.41) is 14.0. The second-order valence-electron chi connectivity index (χ2n) is 3.99. The van der Waals surface area contributed by atoms with Crippen LogP contribution in [0.25, 0.3) is 0 Å². The Bertz CT molecular complexity index is 483. The van der Waals surface area contributed by atoms with E-state index in [1.165, 1.54) is 0 Å². The zero-order valence-corrected chi connectivity index (χ0v) is 11.7. The number of methoxy groups -OCH3 is 1. The molecule has 0 atom stereocenters. The van der Waals surface area contributed by atoms with Crippen LogP contribution in [0.1, 0.15) is 12.5 Å². The first-order chi connectivity index (χ1) is 9.71.